The van der Waals surface area contributed by atoms with Crippen molar-refractivity contribution in [3.05, 3.63) is 58.9 Å². The van der Waals surface area contributed by atoms with Crippen molar-refractivity contribution in [2.75, 3.05) is 0 Å². The van der Waals surface area contributed by atoms with Gasteiger partial charge in [-0.25, -0.2) is 26.7 Å². The van der Waals surface area contributed by atoms with Crippen LogP contribution in [0.25, 0.3) is 0 Å². The van der Waals surface area contributed by atoms with E-state index in [0.29, 0.717) is 43.0 Å². The van der Waals surface area contributed by atoms with Crippen LogP contribution >= 0.6 is 0 Å². The molecule has 0 amide bonds. The van der Waals surface area contributed by atoms with Crippen molar-refractivity contribution in [3.63, 3.8) is 0 Å². The Labute approximate surface area is 181 Å². The first-order valence-electron chi connectivity index (χ1n) is 10.3. The second kappa shape index (κ2) is 10.1. The molecule has 0 radical (unpaired) electrons. The third kappa shape index (κ3) is 5.44. The molecular formula is C23H21F5O4. The fourth-order valence-corrected chi connectivity index (χ4v) is 3.85. The number of carbonyl (C=O) groups excluding carboxylic acids is 2. The molecule has 1 aliphatic rings. The van der Waals surface area contributed by atoms with Gasteiger partial charge in [0, 0.05) is 24.3 Å². The summed E-state index contributed by atoms with van der Waals surface area (Å²) in [6.45, 7) is 2.10. The van der Waals surface area contributed by atoms with Crippen LogP contribution in [0.5, 0.6) is 11.5 Å². The molecule has 0 atom stereocenters. The van der Waals surface area contributed by atoms with E-state index in [1.807, 2.05) is 0 Å². The van der Waals surface area contributed by atoms with E-state index in [4.69, 9.17) is 4.74 Å². The van der Waals surface area contributed by atoms with Gasteiger partial charge in [0.25, 0.3) is 0 Å². The summed E-state index contributed by atoms with van der Waals surface area (Å²) in [4.78, 5) is 24.4. The molecule has 3 rings (SSSR count). The molecule has 1 saturated carbocycles. The zero-order chi connectivity index (χ0) is 23.4. The SMILES string of the molecule is CCCC1CCC(C(=O)Oc2cc(F)c(C(=O)Oc3cc(F)c(F)c(F)c3)c(F)c2)CC1. The highest BCUT2D eigenvalue weighted by Gasteiger charge is 2.29. The van der Waals surface area contributed by atoms with Gasteiger partial charge in [0.1, 0.15) is 28.7 Å². The van der Waals surface area contributed by atoms with E-state index in [-0.39, 0.29) is 5.92 Å². The van der Waals surface area contributed by atoms with Gasteiger partial charge in [0.15, 0.2) is 17.5 Å². The second-order valence-corrected chi connectivity index (χ2v) is 7.78. The predicted octanol–water partition coefficient (Wildman–Crippen LogP) is 6.11. The molecule has 0 bridgehead atoms. The Morgan fingerprint density at radius 3 is 1.84 bits per heavy atom. The van der Waals surface area contributed by atoms with E-state index >= 15 is 0 Å². The number of esters is 2. The molecule has 0 spiro atoms. The molecule has 0 unspecified atom stereocenters. The first-order chi connectivity index (χ1) is 15.2. The Morgan fingerprint density at radius 2 is 1.31 bits per heavy atom. The summed E-state index contributed by atoms with van der Waals surface area (Å²) in [6.07, 6.45) is 5.18. The summed E-state index contributed by atoms with van der Waals surface area (Å²) in [6, 6.07) is 2.01. The molecule has 1 fully saturated rings. The lowest BCUT2D eigenvalue weighted by atomic mass is 9.80. The summed E-state index contributed by atoms with van der Waals surface area (Å²) in [5.74, 6) is -11.1. The Hall–Kier alpha value is -2.97. The molecule has 2 aromatic rings. The van der Waals surface area contributed by atoms with E-state index in [9.17, 15) is 31.5 Å². The number of halogens is 5. The molecule has 0 aromatic heterocycles. The van der Waals surface area contributed by atoms with Gasteiger partial charge in [-0.2, -0.15) is 0 Å². The first kappa shape index (κ1) is 23.7. The quantitative estimate of drug-likeness (QED) is 0.228. The maximum absolute atomic E-state index is 14.4. The van der Waals surface area contributed by atoms with Crippen LogP contribution in [0.1, 0.15) is 55.8 Å². The van der Waals surface area contributed by atoms with Crippen molar-refractivity contribution in [3.8, 4) is 11.5 Å². The molecule has 0 saturated heterocycles. The van der Waals surface area contributed by atoms with Crippen LogP contribution in [0.3, 0.4) is 0 Å². The lowest BCUT2D eigenvalue weighted by Crippen LogP contribution is -2.26. The van der Waals surface area contributed by atoms with Gasteiger partial charge >= 0.3 is 11.9 Å². The van der Waals surface area contributed by atoms with Crippen molar-refractivity contribution >= 4 is 11.9 Å². The van der Waals surface area contributed by atoms with Crippen molar-refractivity contribution in [1.82, 2.24) is 0 Å². The third-order valence-electron chi connectivity index (χ3n) is 5.48. The average molecular weight is 456 g/mol. The Balaban J connectivity index is 1.68. The third-order valence-corrected chi connectivity index (χ3v) is 5.48. The molecule has 9 heteroatoms. The largest absolute Gasteiger partial charge is 0.426 e. The molecule has 4 nitrogen and oxygen atoms in total. The van der Waals surface area contributed by atoms with Gasteiger partial charge in [0.2, 0.25) is 0 Å². The van der Waals surface area contributed by atoms with Gasteiger partial charge in [-0.3, -0.25) is 4.79 Å². The van der Waals surface area contributed by atoms with Crippen LogP contribution in [0.2, 0.25) is 0 Å². The van der Waals surface area contributed by atoms with Gasteiger partial charge in [-0.05, 0) is 31.6 Å². The maximum Gasteiger partial charge on any atom is 0.349 e. The fourth-order valence-electron chi connectivity index (χ4n) is 3.85. The highest BCUT2D eigenvalue weighted by molar-refractivity contribution is 5.92. The Morgan fingerprint density at radius 1 is 0.812 bits per heavy atom. The van der Waals surface area contributed by atoms with Crippen LogP contribution in [0, 0.1) is 40.9 Å². The number of hydrogen-bond donors (Lipinski definition) is 0. The van der Waals surface area contributed by atoms with Gasteiger partial charge in [0.05, 0.1) is 5.92 Å². The lowest BCUT2D eigenvalue weighted by molar-refractivity contribution is -0.140. The summed E-state index contributed by atoms with van der Waals surface area (Å²) in [7, 11) is 0. The zero-order valence-corrected chi connectivity index (χ0v) is 17.2. The minimum Gasteiger partial charge on any atom is -0.426 e. The van der Waals surface area contributed by atoms with Crippen LogP contribution < -0.4 is 9.47 Å². The van der Waals surface area contributed by atoms with E-state index in [1.165, 1.54) is 0 Å². The monoisotopic (exact) mass is 456 g/mol. The predicted molar refractivity (Wildman–Crippen MR) is 104 cm³/mol. The fraction of sp³-hybridized carbons (Fsp3) is 0.391. The summed E-state index contributed by atoms with van der Waals surface area (Å²) >= 11 is 0. The number of ether oxygens (including phenoxy) is 2. The summed E-state index contributed by atoms with van der Waals surface area (Å²) < 4.78 is 77.9. The van der Waals surface area contributed by atoms with Gasteiger partial charge < -0.3 is 9.47 Å². The van der Waals surface area contributed by atoms with Crippen molar-refractivity contribution in [1.29, 1.82) is 0 Å². The van der Waals surface area contributed by atoms with E-state index in [1.54, 1.807) is 0 Å². The second-order valence-electron chi connectivity index (χ2n) is 7.78. The van der Waals surface area contributed by atoms with E-state index in [0.717, 1.165) is 25.7 Å². The standard InChI is InChI=1S/C23H21F5O4/c1-2-3-12-4-6-13(7-5-12)22(29)31-14-8-16(24)20(17(25)9-14)23(30)32-15-10-18(26)21(28)19(27)11-15/h8-13H,2-7H2,1H3. The topological polar surface area (TPSA) is 52.6 Å². The minimum atomic E-state index is -1.79. The van der Waals surface area contributed by atoms with Crippen LogP contribution in [-0.2, 0) is 4.79 Å². The minimum absolute atomic E-state index is 0.359. The molecular weight excluding hydrogens is 435 g/mol. The number of rotatable bonds is 6. The first-order valence-corrected chi connectivity index (χ1v) is 10.3. The number of carbonyl (C=O) groups is 2. The normalized spacial score (nSPS) is 18.3. The zero-order valence-electron chi connectivity index (χ0n) is 17.2. The Bertz CT molecular complexity index is 969. The van der Waals surface area contributed by atoms with Gasteiger partial charge in [-0.15, -0.1) is 0 Å². The van der Waals surface area contributed by atoms with E-state index < -0.39 is 58.1 Å². The highest BCUT2D eigenvalue weighted by atomic mass is 19.2. The number of hydrogen-bond acceptors (Lipinski definition) is 4. The van der Waals surface area contributed by atoms with Crippen molar-refractivity contribution in [2.45, 2.75) is 45.4 Å². The van der Waals surface area contributed by atoms with Crippen LogP contribution in [0.15, 0.2) is 24.3 Å². The van der Waals surface area contributed by atoms with Crippen molar-refractivity contribution in [2.24, 2.45) is 11.8 Å². The molecule has 172 valence electrons. The number of benzene rings is 2. The van der Waals surface area contributed by atoms with Crippen LogP contribution in [0.4, 0.5) is 22.0 Å². The van der Waals surface area contributed by atoms with Gasteiger partial charge in [-0.1, -0.05) is 19.8 Å². The maximum atomic E-state index is 14.4. The molecule has 2 aromatic carbocycles. The summed E-state index contributed by atoms with van der Waals surface area (Å²) in [5.41, 5.74) is -1.16. The lowest BCUT2D eigenvalue weighted by Gasteiger charge is -2.26. The van der Waals surface area contributed by atoms with E-state index in [2.05, 4.69) is 11.7 Å². The van der Waals surface area contributed by atoms with Crippen molar-refractivity contribution < 1.29 is 41.0 Å². The average Bonchev–Trinajstić information content (AvgIpc) is 2.72. The molecule has 0 N–H and O–H groups in total. The Kier molecular flexibility index (Phi) is 7.48. The highest BCUT2D eigenvalue weighted by Crippen LogP contribution is 2.33. The summed E-state index contributed by atoms with van der Waals surface area (Å²) in [5, 5.41) is 0. The smallest absolute Gasteiger partial charge is 0.349 e. The molecule has 32 heavy (non-hydrogen) atoms. The molecule has 0 heterocycles. The molecule has 0 aliphatic heterocycles. The molecule has 1 aliphatic carbocycles. The van der Waals surface area contributed by atoms with Crippen LogP contribution in [-0.4, -0.2) is 11.9 Å².